The van der Waals surface area contributed by atoms with Crippen LogP contribution in [0.15, 0.2) is 36.4 Å². The summed E-state index contributed by atoms with van der Waals surface area (Å²) in [5.74, 6) is 1.21. The normalized spacial score (nSPS) is 23.6. The van der Waals surface area contributed by atoms with Crippen LogP contribution in [0, 0.1) is 35.5 Å². The molecule has 4 aliphatic carbocycles. The average Bonchev–Trinajstić information content (AvgIpc) is 3.74. The van der Waals surface area contributed by atoms with E-state index in [0.717, 1.165) is 145 Å². The van der Waals surface area contributed by atoms with Crippen LogP contribution in [-0.4, -0.2) is 119 Å². The zero-order valence-electron chi connectivity index (χ0n) is 39.3. The zero-order valence-corrected chi connectivity index (χ0v) is 41.6. The number of carbonyl (C=O) groups is 2. The molecule has 13 nitrogen and oxygen atoms in total. The van der Waals surface area contributed by atoms with Gasteiger partial charge in [0.25, 0.3) is 0 Å². The standard InChI is InChI=1S/2C23H34O5.C5H13NO2.3CH4.HI/c2*1-2-3-4-7-17(24)9-10-18-19-11-15-6-5-8-22(28-14-23(26)27)20(15)12-16(19)13-21(18)25;1-6(2-4-7)3-5-8;;;;/h2*5-6,8,16-19,21,24-25H,2-4,7,9-14H2,1H3,(H,26,27);7-8H,2-5H2,1H3;3*1H4;1H/t2*16-,17-,18+,19-,21+;;;;;/m00...../s1. The first-order valence-electron chi connectivity index (χ1n) is 24.4. The molecule has 68 heavy (non-hydrogen) atoms. The number of carboxylic acid groups (broad SMARTS) is 2. The smallest absolute Gasteiger partial charge is 0.341 e. The number of fused-ring (bicyclic) bond motifs is 4. The van der Waals surface area contributed by atoms with Crippen molar-refractivity contribution >= 4 is 35.9 Å². The number of hydrogen-bond donors (Lipinski definition) is 8. The minimum atomic E-state index is -1.22. The fourth-order valence-corrected chi connectivity index (χ4v) is 11.0. The molecule has 0 spiro atoms. The molecule has 2 aromatic rings. The highest BCUT2D eigenvalue weighted by atomic mass is 127. The summed E-state index contributed by atoms with van der Waals surface area (Å²) in [6, 6.07) is 11.7. The van der Waals surface area contributed by atoms with Crippen molar-refractivity contribution in [2.45, 2.75) is 176 Å². The minimum Gasteiger partial charge on any atom is -0.546 e. The van der Waals surface area contributed by atoms with E-state index in [2.05, 4.69) is 26.0 Å². The number of carbonyl (C=O) groups excluding carboxylic acids is 1. The number of likely N-dealkylation sites (N-methyl/N-ethyl adjacent to an activating group) is 1. The second-order valence-corrected chi connectivity index (χ2v) is 19.1. The van der Waals surface area contributed by atoms with Gasteiger partial charge in [0, 0.05) is 0 Å². The molecule has 2 saturated carbocycles. The molecule has 10 atom stereocenters. The number of unbranched alkanes of at least 4 members (excludes halogenated alkanes) is 4. The minimum absolute atomic E-state index is 0. The zero-order chi connectivity index (χ0) is 46.6. The Labute approximate surface area is 427 Å². The quantitative estimate of drug-likeness (QED) is 0.0459. The number of hydrogen-bond acceptors (Lipinski definition) is 11. The number of aliphatic hydroxyl groups is 6. The molecule has 0 aliphatic heterocycles. The molecule has 14 heteroatoms. The van der Waals surface area contributed by atoms with Crippen molar-refractivity contribution in [1.82, 2.24) is 0 Å². The summed E-state index contributed by atoms with van der Waals surface area (Å²) in [7, 11) is 1.94. The predicted octanol–water partition coefficient (Wildman–Crippen LogP) is 5.84. The summed E-state index contributed by atoms with van der Waals surface area (Å²) >= 11 is 0. The van der Waals surface area contributed by atoms with E-state index in [-0.39, 0.29) is 102 Å². The van der Waals surface area contributed by atoms with Crippen LogP contribution >= 0.6 is 24.0 Å². The Kier molecular flexibility index (Phi) is 33.4. The van der Waals surface area contributed by atoms with Crippen molar-refractivity contribution in [1.29, 1.82) is 0 Å². The summed E-state index contributed by atoms with van der Waals surface area (Å²) < 4.78 is 10.9. The fourth-order valence-electron chi connectivity index (χ4n) is 11.0. The van der Waals surface area contributed by atoms with Crippen LogP contribution in [-0.2, 0) is 35.3 Å². The third-order valence-corrected chi connectivity index (χ3v) is 14.4. The number of benzene rings is 2. The van der Waals surface area contributed by atoms with Gasteiger partial charge >= 0.3 is 5.97 Å². The van der Waals surface area contributed by atoms with Gasteiger partial charge in [-0.3, -0.25) is 0 Å². The van der Waals surface area contributed by atoms with Crippen LogP contribution in [0.25, 0.3) is 0 Å². The maximum atomic E-state index is 10.8. The Morgan fingerprint density at radius 3 is 1.46 bits per heavy atom. The molecule has 0 saturated heterocycles. The number of carboxylic acids is 2. The molecule has 394 valence electrons. The van der Waals surface area contributed by atoms with Crippen molar-refractivity contribution in [3.63, 3.8) is 0 Å². The Bertz CT molecular complexity index is 1560. The Balaban J connectivity index is 0.00000108. The summed E-state index contributed by atoms with van der Waals surface area (Å²) in [5, 5.41) is 78.2. The van der Waals surface area contributed by atoms with Gasteiger partial charge < -0.3 is 60.0 Å². The van der Waals surface area contributed by atoms with E-state index >= 15 is 0 Å². The van der Waals surface area contributed by atoms with E-state index < -0.39 is 18.5 Å². The molecule has 6 rings (SSSR count). The van der Waals surface area contributed by atoms with Gasteiger partial charge in [0.05, 0.1) is 50.6 Å². The monoisotopic (exact) mass is 1080 g/mol. The lowest BCUT2D eigenvalue weighted by atomic mass is 9.73. The fraction of sp³-hybridized carbons (Fsp3) is 0.741. The highest BCUT2D eigenvalue weighted by molar-refractivity contribution is 14.0. The van der Waals surface area contributed by atoms with Crippen molar-refractivity contribution in [2.24, 2.45) is 35.5 Å². The van der Waals surface area contributed by atoms with Crippen molar-refractivity contribution in [3.8, 4) is 11.5 Å². The van der Waals surface area contributed by atoms with Gasteiger partial charge in [-0.1, -0.05) is 98.9 Å². The third kappa shape index (κ3) is 20.6. The highest BCUT2D eigenvalue weighted by Crippen LogP contribution is 2.50. The van der Waals surface area contributed by atoms with Crippen molar-refractivity contribution in [3.05, 3.63) is 58.7 Å². The second kappa shape index (κ2) is 34.7. The molecule has 0 heterocycles. The lowest BCUT2D eigenvalue weighted by molar-refractivity contribution is -0.880. The molecule has 4 aliphatic rings. The first kappa shape index (κ1) is 65.4. The average molecular weight is 1080 g/mol. The lowest BCUT2D eigenvalue weighted by Crippen LogP contribution is -3.10. The van der Waals surface area contributed by atoms with Gasteiger partial charge in [0.15, 0.2) is 6.61 Å². The summed E-state index contributed by atoms with van der Waals surface area (Å²) in [5.41, 5.74) is 4.60. The van der Waals surface area contributed by atoms with Crippen LogP contribution in [0.5, 0.6) is 11.5 Å². The Hall–Kier alpha value is -2.57. The van der Waals surface area contributed by atoms with Crippen LogP contribution in [0.3, 0.4) is 0 Å². The molecule has 2 fully saturated rings. The molecule has 0 radical (unpaired) electrons. The molecular weight excluding hydrogens is 981 g/mol. The predicted molar refractivity (Wildman–Crippen MR) is 279 cm³/mol. The highest BCUT2D eigenvalue weighted by Gasteiger charge is 2.46. The maximum Gasteiger partial charge on any atom is 0.341 e. The van der Waals surface area contributed by atoms with Crippen molar-refractivity contribution in [2.75, 3.05) is 46.6 Å². The first-order chi connectivity index (χ1) is 30.8. The SMILES string of the molecule is C.C.C.CCCCC[C@H](O)CC[C@@H]1[C@H]2Cc3cccc(OCC(=O)O)c3C[C@H]2C[C@H]1O.CCCCC[C@H](O)CC[C@@H]1[C@H]2Cc3cccc(OCC(=O)[O-])c3C[C@H]2C[C@H]1O.C[NH+](CCO)CCO.I. The second-order valence-electron chi connectivity index (χ2n) is 19.1. The Morgan fingerprint density at radius 1 is 0.676 bits per heavy atom. The van der Waals surface area contributed by atoms with E-state index in [1.807, 2.05) is 31.3 Å². The molecule has 2 aromatic carbocycles. The first-order valence-corrected chi connectivity index (χ1v) is 24.4. The van der Waals surface area contributed by atoms with E-state index in [1.165, 1.54) is 11.1 Å². The van der Waals surface area contributed by atoms with Gasteiger partial charge in [0.2, 0.25) is 0 Å². The van der Waals surface area contributed by atoms with Crippen LogP contribution in [0.1, 0.15) is 148 Å². The maximum absolute atomic E-state index is 10.8. The van der Waals surface area contributed by atoms with E-state index in [0.29, 0.717) is 35.2 Å². The number of aliphatic hydroxyl groups excluding tert-OH is 6. The number of halogens is 1. The van der Waals surface area contributed by atoms with Gasteiger partial charge in [-0.15, -0.1) is 24.0 Å². The summed E-state index contributed by atoms with van der Waals surface area (Å²) in [6.07, 6.45) is 15.6. The van der Waals surface area contributed by atoms with E-state index in [1.54, 1.807) is 0 Å². The molecule has 0 unspecified atom stereocenters. The number of aliphatic carboxylic acids is 2. The number of nitrogens with one attached hydrogen (secondary N) is 1. The Morgan fingerprint density at radius 2 is 1.09 bits per heavy atom. The number of quaternary nitrogens is 1. The summed E-state index contributed by atoms with van der Waals surface area (Å²) in [6.45, 7) is 5.41. The topological polar surface area (TPSA) is 222 Å². The van der Waals surface area contributed by atoms with Gasteiger partial charge in [-0.25, -0.2) is 4.79 Å². The number of rotatable bonds is 24. The van der Waals surface area contributed by atoms with Gasteiger partial charge in [-0.2, -0.15) is 0 Å². The largest absolute Gasteiger partial charge is 0.546 e. The van der Waals surface area contributed by atoms with E-state index in [4.69, 9.17) is 24.8 Å². The van der Waals surface area contributed by atoms with Crippen LogP contribution in [0.2, 0.25) is 0 Å². The third-order valence-electron chi connectivity index (χ3n) is 14.4. The molecule has 8 N–H and O–H groups in total. The molecule has 0 aromatic heterocycles. The summed E-state index contributed by atoms with van der Waals surface area (Å²) in [4.78, 5) is 22.7. The van der Waals surface area contributed by atoms with Crippen LogP contribution < -0.4 is 19.5 Å². The molecule has 0 bridgehead atoms. The van der Waals surface area contributed by atoms with E-state index in [9.17, 15) is 35.1 Å². The number of ether oxygens (including phenoxy) is 2. The molecule has 0 amide bonds. The van der Waals surface area contributed by atoms with Gasteiger partial charge in [-0.05, 0) is 147 Å². The van der Waals surface area contributed by atoms with Crippen molar-refractivity contribution < 1.29 is 64.8 Å². The lowest BCUT2D eigenvalue weighted by Gasteiger charge is -2.32. The van der Waals surface area contributed by atoms with Gasteiger partial charge in [0.1, 0.15) is 31.2 Å². The molecular formula is C54H94INO12. The van der Waals surface area contributed by atoms with Crippen LogP contribution in [0.4, 0.5) is 0 Å².